The van der Waals surface area contributed by atoms with E-state index in [1.54, 1.807) is 13.0 Å². The molecule has 19 heavy (non-hydrogen) atoms. The Morgan fingerprint density at radius 1 is 1.26 bits per heavy atom. The first-order valence-electron chi connectivity index (χ1n) is 6.18. The van der Waals surface area contributed by atoms with E-state index >= 15 is 0 Å². The van der Waals surface area contributed by atoms with Gasteiger partial charge in [-0.2, -0.15) is 0 Å². The molecule has 0 amide bonds. The summed E-state index contributed by atoms with van der Waals surface area (Å²) < 4.78 is 9.93. The fraction of sp³-hybridized carbons (Fsp3) is 0.333. The first kappa shape index (κ1) is 15.0. The van der Waals surface area contributed by atoms with Crippen molar-refractivity contribution in [2.45, 2.75) is 26.4 Å². The summed E-state index contributed by atoms with van der Waals surface area (Å²) in [5, 5.41) is 0. The van der Waals surface area contributed by atoms with Crippen LogP contribution in [0.2, 0.25) is 0 Å². The van der Waals surface area contributed by atoms with Crippen molar-refractivity contribution in [3.8, 4) is 0 Å². The van der Waals surface area contributed by atoms with Gasteiger partial charge >= 0.3 is 11.9 Å². The molecule has 0 radical (unpaired) electrons. The zero-order chi connectivity index (χ0) is 14.1. The number of carbonyl (C=O) groups is 2. The van der Waals surface area contributed by atoms with Gasteiger partial charge in [-0.25, -0.2) is 4.79 Å². The van der Waals surface area contributed by atoms with E-state index < -0.39 is 12.1 Å². The monoisotopic (exact) mass is 262 g/mol. The number of ether oxygens (including phenoxy) is 2. The number of benzene rings is 1. The van der Waals surface area contributed by atoms with Gasteiger partial charge in [0.1, 0.15) is 6.10 Å². The average Bonchev–Trinajstić information content (AvgIpc) is 2.37. The molecule has 1 aromatic rings. The highest BCUT2D eigenvalue weighted by atomic mass is 16.5. The lowest BCUT2D eigenvalue weighted by Crippen LogP contribution is -2.17. The van der Waals surface area contributed by atoms with Crippen LogP contribution in [-0.4, -0.2) is 24.6 Å². The molecule has 0 aliphatic rings. The minimum atomic E-state index is -0.468. The van der Waals surface area contributed by atoms with Gasteiger partial charge in [0, 0.05) is 19.4 Å². The normalized spacial score (nSPS) is 12.1. The Labute approximate surface area is 113 Å². The summed E-state index contributed by atoms with van der Waals surface area (Å²) in [6, 6.07) is 9.62. The van der Waals surface area contributed by atoms with Crippen LogP contribution in [0.25, 0.3) is 0 Å². The molecule has 0 aliphatic carbocycles. The van der Waals surface area contributed by atoms with E-state index in [2.05, 4.69) is 0 Å². The van der Waals surface area contributed by atoms with Crippen molar-refractivity contribution in [3.63, 3.8) is 0 Å². The second-order valence-corrected chi connectivity index (χ2v) is 3.95. The SMILES string of the molecule is CCOC(=O)/C=C/[C@H](Cc1ccccc1)OC(C)=O. The molecule has 0 fully saturated rings. The van der Waals surface area contributed by atoms with E-state index in [1.807, 2.05) is 30.3 Å². The quantitative estimate of drug-likeness (QED) is 0.583. The lowest BCUT2D eigenvalue weighted by molar-refractivity contribution is -0.144. The number of hydrogen-bond donors (Lipinski definition) is 0. The van der Waals surface area contributed by atoms with Gasteiger partial charge in [0.25, 0.3) is 0 Å². The third kappa shape index (κ3) is 6.41. The molecule has 1 atom stereocenters. The summed E-state index contributed by atoms with van der Waals surface area (Å²) in [4.78, 5) is 22.3. The fourth-order valence-corrected chi connectivity index (χ4v) is 1.58. The van der Waals surface area contributed by atoms with Gasteiger partial charge in [-0.05, 0) is 18.6 Å². The highest BCUT2D eigenvalue weighted by molar-refractivity contribution is 5.82. The second kappa shape index (κ2) is 8.08. The van der Waals surface area contributed by atoms with Crippen molar-refractivity contribution in [1.29, 1.82) is 0 Å². The predicted octanol–water partition coefficient (Wildman–Crippen LogP) is 2.28. The maximum Gasteiger partial charge on any atom is 0.330 e. The third-order valence-electron chi connectivity index (χ3n) is 2.33. The van der Waals surface area contributed by atoms with Gasteiger partial charge in [-0.3, -0.25) is 4.79 Å². The van der Waals surface area contributed by atoms with Crippen LogP contribution in [0.3, 0.4) is 0 Å². The summed E-state index contributed by atoms with van der Waals surface area (Å²) in [5.41, 5.74) is 1.03. The smallest absolute Gasteiger partial charge is 0.330 e. The highest BCUT2D eigenvalue weighted by Gasteiger charge is 2.10. The molecule has 0 N–H and O–H groups in total. The van der Waals surface area contributed by atoms with E-state index in [0.29, 0.717) is 13.0 Å². The van der Waals surface area contributed by atoms with E-state index in [1.165, 1.54) is 13.0 Å². The fourth-order valence-electron chi connectivity index (χ4n) is 1.58. The lowest BCUT2D eigenvalue weighted by atomic mass is 10.1. The molecule has 1 rings (SSSR count). The zero-order valence-electron chi connectivity index (χ0n) is 11.2. The molecular weight excluding hydrogens is 244 g/mol. The van der Waals surface area contributed by atoms with Crippen molar-refractivity contribution in [2.75, 3.05) is 6.61 Å². The van der Waals surface area contributed by atoms with Crippen molar-refractivity contribution in [3.05, 3.63) is 48.0 Å². The lowest BCUT2D eigenvalue weighted by Gasteiger charge is -2.13. The van der Waals surface area contributed by atoms with Crippen molar-refractivity contribution in [1.82, 2.24) is 0 Å². The van der Waals surface area contributed by atoms with Crippen LogP contribution < -0.4 is 0 Å². The first-order valence-corrected chi connectivity index (χ1v) is 6.18. The zero-order valence-corrected chi connectivity index (χ0v) is 11.2. The number of carbonyl (C=O) groups excluding carboxylic acids is 2. The Balaban J connectivity index is 2.66. The van der Waals surface area contributed by atoms with Crippen LogP contribution in [0.5, 0.6) is 0 Å². The van der Waals surface area contributed by atoms with Crippen molar-refractivity contribution in [2.24, 2.45) is 0 Å². The molecule has 0 unspecified atom stereocenters. The predicted molar refractivity (Wildman–Crippen MR) is 71.5 cm³/mol. The van der Waals surface area contributed by atoms with Gasteiger partial charge in [-0.15, -0.1) is 0 Å². The number of hydrogen-bond acceptors (Lipinski definition) is 4. The number of esters is 2. The van der Waals surface area contributed by atoms with Crippen molar-refractivity contribution < 1.29 is 19.1 Å². The summed E-state index contributed by atoms with van der Waals surface area (Å²) in [7, 11) is 0. The maximum absolute atomic E-state index is 11.2. The van der Waals surface area contributed by atoms with Crippen LogP contribution in [0, 0.1) is 0 Å². The Bertz CT molecular complexity index is 437. The van der Waals surface area contributed by atoms with Crippen LogP contribution in [0.1, 0.15) is 19.4 Å². The Kier molecular flexibility index (Phi) is 6.36. The summed E-state index contributed by atoms with van der Waals surface area (Å²) in [6.07, 6.45) is 2.90. The molecule has 4 nitrogen and oxygen atoms in total. The van der Waals surface area contributed by atoms with E-state index in [4.69, 9.17) is 9.47 Å². The summed E-state index contributed by atoms with van der Waals surface area (Å²) in [6.45, 7) is 3.40. The minimum Gasteiger partial charge on any atom is -0.463 e. The van der Waals surface area contributed by atoms with Gasteiger partial charge in [0.15, 0.2) is 0 Å². The molecule has 4 heteroatoms. The molecule has 102 valence electrons. The highest BCUT2D eigenvalue weighted by Crippen LogP contribution is 2.08. The van der Waals surface area contributed by atoms with Crippen LogP contribution in [0.4, 0.5) is 0 Å². The molecule has 0 aromatic heterocycles. The standard InChI is InChI=1S/C15H18O4/c1-3-18-15(17)10-9-14(19-12(2)16)11-13-7-5-4-6-8-13/h4-10,14H,3,11H2,1-2H3/b10-9+/t14-/m1/s1. The molecular formula is C15H18O4. The van der Waals surface area contributed by atoms with Gasteiger partial charge in [0.05, 0.1) is 6.61 Å². The molecule has 0 spiro atoms. The largest absolute Gasteiger partial charge is 0.463 e. The van der Waals surface area contributed by atoms with Crippen molar-refractivity contribution >= 4 is 11.9 Å². The first-order chi connectivity index (χ1) is 9.11. The van der Waals surface area contributed by atoms with E-state index in [9.17, 15) is 9.59 Å². The minimum absolute atomic E-state index is 0.320. The molecule has 1 aromatic carbocycles. The number of rotatable bonds is 6. The van der Waals surface area contributed by atoms with Gasteiger partial charge in [0.2, 0.25) is 0 Å². The van der Waals surface area contributed by atoms with E-state index in [-0.39, 0.29) is 5.97 Å². The Morgan fingerprint density at radius 3 is 2.53 bits per heavy atom. The van der Waals surface area contributed by atoms with E-state index in [0.717, 1.165) is 5.56 Å². The molecule has 0 bridgehead atoms. The summed E-state index contributed by atoms with van der Waals surface area (Å²) >= 11 is 0. The topological polar surface area (TPSA) is 52.6 Å². The summed E-state index contributed by atoms with van der Waals surface area (Å²) in [5.74, 6) is -0.817. The van der Waals surface area contributed by atoms with Crippen LogP contribution in [-0.2, 0) is 25.5 Å². The third-order valence-corrected chi connectivity index (χ3v) is 2.33. The van der Waals surface area contributed by atoms with Gasteiger partial charge in [-0.1, -0.05) is 30.3 Å². The molecule has 0 heterocycles. The molecule has 0 saturated heterocycles. The molecule has 0 saturated carbocycles. The maximum atomic E-state index is 11.2. The van der Waals surface area contributed by atoms with Crippen LogP contribution >= 0.6 is 0 Å². The van der Waals surface area contributed by atoms with Crippen LogP contribution in [0.15, 0.2) is 42.5 Å². The Hall–Kier alpha value is -2.10. The average molecular weight is 262 g/mol. The molecule has 0 aliphatic heterocycles. The second-order valence-electron chi connectivity index (χ2n) is 3.95. The van der Waals surface area contributed by atoms with Gasteiger partial charge < -0.3 is 9.47 Å². The Morgan fingerprint density at radius 2 is 1.95 bits per heavy atom.